The van der Waals surface area contributed by atoms with Crippen LogP contribution in [-0.2, 0) is 15.4 Å². The zero-order valence-electron chi connectivity index (χ0n) is 11.3. The van der Waals surface area contributed by atoms with Crippen molar-refractivity contribution >= 4 is 17.5 Å². The second kappa shape index (κ2) is 5.72. The monoisotopic (exact) mass is 295 g/mol. The van der Waals surface area contributed by atoms with Gasteiger partial charge >= 0.3 is 0 Å². The Labute approximate surface area is 123 Å². The molecule has 2 aliphatic heterocycles. The molecular formula is C15H18ClNO3. The summed E-state index contributed by atoms with van der Waals surface area (Å²) in [5.41, 5.74) is 1.64. The second-order valence-corrected chi connectivity index (χ2v) is 5.54. The topological polar surface area (TPSA) is 38.8 Å². The highest BCUT2D eigenvalue weighted by atomic mass is 35.5. The molecule has 4 nitrogen and oxygen atoms in total. The average Bonchev–Trinajstić information content (AvgIpc) is 2.94. The predicted octanol–water partition coefficient (Wildman–Crippen LogP) is 2.40. The highest BCUT2D eigenvalue weighted by Gasteiger charge is 2.42. The molecule has 108 valence electrons. The van der Waals surface area contributed by atoms with Crippen LogP contribution < -0.4 is 0 Å². The minimum absolute atomic E-state index is 0.0233. The highest BCUT2D eigenvalue weighted by molar-refractivity contribution is 6.17. The summed E-state index contributed by atoms with van der Waals surface area (Å²) in [4.78, 5) is 14.4. The van der Waals surface area contributed by atoms with E-state index in [0.29, 0.717) is 31.2 Å². The fourth-order valence-electron chi connectivity index (χ4n) is 2.86. The molecular weight excluding hydrogens is 278 g/mol. The van der Waals surface area contributed by atoms with Crippen molar-refractivity contribution in [3.8, 4) is 0 Å². The van der Waals surface area contributed by atoms with Gasteiger partial charge in [0.05, 0.1) is 19.8 Å². The lowest BCUT2D eigenvalue weighted by molar-refractivity contribution is -0.183. The minimum Gasteiger partial charge on any atom is -0.346 e. The van der Waals surface area contributed by atoms with E-state index in [1.807, 2.05) is 29.2 Å². The van der Waals surface area contributed by atoms with E-state index in [9.17, 15) is 4.79 Å². The fraction of sp³-hybridized carbons (Fsp3) is 0.533. The number of alkyl halides is 1. The van der Waals surface area contributed by atoms with Crippen molar-refractivity contribution in [2.24, 2.45) is 0 Å². The fourth-order valence-corrected chi connectivity index (χ4v) is 3.03. The van der Waals surface area contributed by atoms with Crippen LogP contribution in [0.15, 0.2) is 24.3 Å². The number of hydrogen-bond donors (Lipinski definition) is 0. The molecule has 3 rings (SSSR count). The molecule has 2 saturated heterocycles. The summed E-state index contributed by atoms with van der Waals surface area (Å²) in [5, 5.41) is 0. The van der Waals surface area contributed by atoms with Gasteiger partial charge in [0.15, 0.2) is 5.79 Å². The third kappa shape index (κ3) is 2.68. The summed E-state index contributed by atoms with van der Waals surface area (Å²) in [5.74, 6) is -0.134. The van der Waals surface area contributed by atoms with Crippen LogP contribution in [0.4, 0.5) is 0 Å². The van der Waals surface area contributed by atoms with Crippen molar-refractivity contribution in [1.29, 1.82) is 0 Å². The zero-order chi connectivity index (χ0) is 14.0. The van der Waals surface area contributed by atoms with E-state index in [1.165, 1.54) is 0 Å². The molecule has 2 fully saturated rings. The number of piperidine rings is 1. The van der Waals surface area contributed by atoms with E-state index >= 15 is 0 Å². The van der Waals surface area contributed by atoms with Crippen LogP contribution in [0.1, 0.15) is 28.8 Å². The smallest absolute Gasteiger partial charge is 0.254 e. The van der Waals surface area contributed by atoms with Gasteiger partial charge in [0.1, 0.15) is 0 Å². The average molecular weight is 296 g/mol. The molecule has 1 amide bonds. The summed E-state index contributed by atoms with van der Waals surface area (Å²) < 4.78 is 11.4. The normalized spacial score (nSPS) is 21.4. The number of benzene rings is 1. The minimum atomic E-state index is -0.571. The van der Waals surface area contributed by atoms with Gasteiger partial charge in [-0.2, -0.15) is 0 Å². The molecule has 0 saturated carbocycles. The van der Waals surface area contributed by atoms with Gasteiger partial charge in [-0.3, -0.25) is 4.79 Å². The van der Waals surface area contributed by atoms with Crippen molar-refractivity contribution in [2.45, 2.75) is 24.5 Å². The molecule has 0 radical (unpaired) electrons. The van der Waals surface area contributed by atoms with Gasteiger partial charge in [0.2, 0.25) is 0 Å². The molecule has 0 atom stereocenters. The standard InChI is InChI=1S/C15H18ClNO3/c16-10-12-3-1-4-13(9-12)14(18)17-6-2-5-15(11-17)19-7-8-20-15/h1,3-4,9H,2,5-8,10-11H2. The SMILES string of the molecule is O=C(c1cccc(CCl)c1)N1CCCC2(C1)OCCO2. The number of halogens is 1. The van der Waals surface area contributed by atoms with Crippen LogP contribution >= 0.6 is 11.6 Å². The van der Waals surface area contributed by atoms with E-state index in [4.69, 9.17) is 21.1 Å². The molecule has 1 aromatic rings. The summed E-state index contributed by atoms with van der Waals surface area (Å²) in [6.45, 7) is 2.49. The molecule has 5 heteroatoms. The predicted molar refractivity (Wildman–Crippen MR) is 75.8 cm³/mol. The van der Waals surface area contributed by atoms with Crippen LogP contribution in [0.25, 0.3) is 0 Å². The van der Waals surface area contributed by atoms with Crippen LogP contribution in [0, 0.1) is 0 Å². The Morgan fingerprint density at radius 2 is 2.15 bits per heavy atom. The molecule has 0 aromatic heterocycles. The largest absolute Gasteiger partial charge is 0.346 e. The summed E-state index contributed by atoms with van der Waals surface area (Å²) >= 11 is 5.82. The maximum absolute atomic E-state index is 12.6. The quantitative estimate of drug-likeness (QED) is 0.787. The van der Waals surface area contributed by atoms with Crippen molar-refractivity contribution in [3.63, 3.8) is 0 Å². The third-order valence-corrected chi connectivity index (χ3v) is 4.16. The van der Waals surface area contributed by atoms with E-state index in [2.05, 4.69) is 0 Å². The molecule has 1 spiro atoms. The maximum Gasteiger partial charge on any atom is 0.254 e. The maximum atomic E-state index is 12.6. The summed E-state index contributed by atoms with van der Waals surface area (Å²) in [6.07, 6.45) is 1.76. The number of carbonyl (C=O) groups is 1. The number of nitrogens with zero attached hydrogens (tertiary/aromatic N) is 1. The van der Waals surface area contributed by atoms with E-state index < -0.39 is 5.79 Å². The number of rotatable bonds is 2. The zero-order valence-corrected chi connectivity index (χ0v) is 12.1. The van der Waals surface area contributed by atoms with Crippen molar-refractivity contribution in [2.75, 3.05) is 26.3 Å². The number of ether oxygens (including phenoxy) is 2. The molecule has 0 aliphatic carbocycles. The number of hydrogen-bond acceptors (Lipinski definition) is 3. The van der Waals surface area contributed by atoms with E-state index in [1.54, 1.807) is 0 Å². The van der Waals surface area contributed by atoms with E-state index in [0.717, 1.165) is 24.9 Å². The Morgan fingerprint density at radius 3 is 2.90 bits per heavy atom. The van der Waals surface area contributed by atoms with Gasteiger partial charge in [-0.1, -0.05) is 12.1 Å². The molecule has 2 heterocycles. The van der Waals surface area contributed by atoms with Crippen LogP contribution in [0.3, 0.4) is 0 Å². The Kier molecular flexibility index (Phi) is 3.96. The van der Waals surface area contributed by atoms with Gasteiger partial charge in [-0.05, 0) is 24.1 Å². The Morgan fingerprint density at radius 1 is 1.35 bits per heavy atom. The van der Waals surface area contributed by atoms with E-state index in [-0.39, 0.29) is 5.91 Å². The number of amides is 1. The van der Waals surface area contributed by atoms with Gasteiger partial charge in [0.25, 0.3) is 5.91 Å². The van der Waals surface area contributed by atoms with Gasteiger partial charge in [-0.25, -0.2) is 0 Å². The molecule has 1 aromatic carbocycles. The lowest BCUT2D eigenvalue weighted by Gasteiger charge is -2.38. The second-order valence-electron chi connectivity index (χ2n) is 5.27. The van der Waals surface area contributed by atoms with Crippen LogP contribution in [-0.4, -0.2) is 42.9 Å². The Bertz CT molecular complexity index is 500. The van der Waals surface area contributed by atoms with Gasteiger partial charge < -0.3 is 14.4 Å². The molecule has 0 bridgehead atoms. The van der Waals surface area contributed by atoms with Gasteiger partial charge in [-0.15, -0.1) is 11.6 Å². The third-order valence-electron chi connectivity index (χ3n) is 3.85. The summed E-state index contributed by atoms with van der Waals surface area (Å²) in [6, 6.07) is 7.47. The molecule has 20 heavy (non-hydrogen) atoms. The van der Waals surface area contributed by atoms with Crippen molar-refractivity contribution in [1.82, 2.24) is 4.90 Å². The summed E-state index contributed by atoms with van der Waals surface area (Å²) in [7, 11) is 0. The number of likely N-dealkylation sites (tertiary alicyclic amines) is 1. The van der Waals surface area contributed by atoms with Crippen molar-refractivity contribution < 1.29 is 14.3 Å². The lowest BCUT2D eigenvalue weighted by atomic mass is 10.0. The van der Waals surface area contributed by atoms with Gasteiger partial charge in [0, 0.05) is 24.4 Å². The highest BCUT2D eigenvalue weighted by Crippen LogP contribution is 2.30. The van der Waals surface area contributed by atoms with Crippen molar-refractivity contribution in [3.05, 3.63) is 35.4 Å². The Balaban J connectivity index is 1.76. The molecule has 0 unspecified atom stereocenters. The first-order valence-corrected chi connectivity index (χ1v) is 7.48. The lowest BCUT2D eigenvalue weighted by Crippen LogP contribution is -2.51. The van der Waals surface area contributed by atoms with Crippen LogP contribution in [0.5, 0.6) is 0 Å². The first kappa shape index (κ1) is 13.9. The molecule has 2 aliphatic rings. The van der Waals surface area contributed by atoms with Crippen LogP contribution in [0.2, 0.25) is 0 Å². The first-order chi connectivity index (χ1) is 9.72. The Hall–Kier alpha value is -1.10. The number of carbonyl (C=O) groups excluding carboxylic acids is 1. The molecule has 0 N–H and O–H groups in total. The first-order valence-electron chi connectivity index (χ1n) is 6.95.